The van der Waals surface area contributed by atoms with Crippen molar-refractivity contribution in [3.8, 4) is 11.1 Å². The van der Waals surface area contributed by atoms with Gasteiger partial charge >= 0.3 is 6.09 Å². The van der Waals surface area contributed by atoms with Crippen LogP contribution in [0.25, 0.3) is 11.1 Å². The molecule has 1 amide bonds. The molecule has 242 valence electrons. The van der Waals surface area contributed by atoms with Crippen LogP contribution in [0, 0.1) is 0 Å². The summed E-state index contributed by atoms with van der Waals surface area (Å²) in [7, 11) is 0. The molecule has 0 aliphatic heterocycles. The summed E-state index contributed by atoms with van der Waals surface area (Å²) in [5, 5.41) is 3.28. The first-order valence-electron chi connectivity index (χ1n) is 16.0. The van der Waals surface area contributed by atoms with Crippen LogP contribution in [0.2, 0.25) is 5.02 Å². The number of hydrogen-bond donors (Lipinski definition) is 3. The zero-order valence-electron chi connectivity index (χ0n) is 26.4. The van der Waals surface area contributed by atoms with Crippen LogP contribution in [0.5, 0.6) is 0 Å². The van der Waals surface area contributed by atoms with Gasteiger partial charge < -0.3 is 21.5 Å². The van der Waals surface area contributed by atoms with Crippen molar-refractivity contribution in [3.05, 3.63) is 166 Å². The fourth-order valence-electron chi connectivity index (χ4n) is 6.51. The van der Waals surface area contributed by atoms with E-state index >= 15 is 0 Å². The third-order valence-electron chi connectivity index (χ3n) is 8.76. The molecule has 0 aromatic heterocycles. The lowest BCUT2D eigenvalue weighted by Gasteiger charge is -2.22. The number of nitrogens with two attached hydrogens (primary N) is 2. The number of aliphatic imine (C=N–C) groups is 1. The van der Waals surface area contributed by atoms with E-state index in [4.69, 9.17) is 27.8 Å². The zero-order valence-corrected chi connectivity index (χ0v) is 27.1. The number of fused-ring (bicyclic) bond motifs is 3. The maximum atomic E-state index is 14.0. The smallest absolute Gasteiger partial charge is 0.407 e. The van der Waals surface area contributed by atoms with Gasteiger partial charge in [-0.15, -0.1) is 0 Å². The van der Waals surface area contributed by atoms with Gasteiger partial charge in [-0.3, -0.25) is 9.79 Å². The van der Waals surface area contributed by atoms with Crippen LogP contribution in [-0.4, -0.2) is 37.0 Å². The average molecular weight is 657 g/mol. The van der Waals surface area contributed by atoms with E-state index in [0.717, 1.165) is 38.9 Å². The molecule has 0 radical (unpaired) electrons. The summed E-state index contributed by atoms with van der Waals surface area (Å²) in [5.74, 6) is -0.542. The number of rotatable bonds is 12. The molecule has 5 aromatic rings. The zero-order chi connectivity index (χ0) is 33.5. The fraction of sp³-hybridized carbons (Fsp3) is 0.175. The van der Waals surface area contributed by atoms with Crippen molar-refractivity contribution in [1.82, 2.24) is 5.32 Å². The predicted molar refractivity (Wildman–Crippen MR) is 192 cm³/mol. The van der Waals surface area contributed by atoms with Gasteiger partial charge in [0.1, 0.15) is 6.61 Å². The monoisotopic (exact) mass is 656 g/mol. The van der Waals surface area contributed by atoms with Crippen molar-refractivity contribution in [2.75, 3.05) is 13.2 Å². The fourth-order valence-corrected chi connectivity index (χ4v) is 6.80. The van der Waals surface area contributed by atoms with Crippen LogP contribution in [-0.2, 0) is 4.74 Å². The molecule has 0 bridgehead atoms. The molecule has 1 atom stereocenters. The Balaban J connectivity index is 1.21. The van der Waals surface area contributed by atoms with Gasteiger partial charge in [0.2, 0.25) is 0 Å². The minimum Gasteiger partial charge on any atom is -0.449 e. The lowest BCUT2D eigenvalue weighted by molar-refractivity contribution is 0.0913. The summed E-state index contributed by atoms with van der Waals surface area (Å²) in [4.78, 5) is 31.2. The molecule has 0 unspecified atom stereocenters. The first-order valence-corrected chi connectivity index (χ1v) is 16.4. The van der Waals surface area contributed by atoms with Gasteiger partial charge in [0.15, 0.2) is 11.7 Å². The number of nitrogens with one attached hydrogen (secondary N) is 1. The molecular formula is C40H37ClN4O3. The molecule has 1 aliphatic carbocycles. The average Bonchev–Trinajstić information content (AvgIpc) is 3.43. The molecule has 7 nitrogen and oxygen atoms in total. The summed E-state index contributed by atoms with van der Waals surface area (Å²) in [6.07, 6.45) is 0.0944. The maximum Gasteiger partial charge on any atom is 0.407 e. The second kappa shape index (κ2) is 15.0. The number of benzene rings is 5. The molecular weight excluding hydrogens is 620 g/mol. The van der Waals surface area contributed by atoms with Gasteiger partial charge in [0.05, 0.1) is 6.04 Å². The number of alkyl carbamates (subject to hydrolysis) is 1. The number of nitrogens with zero attached hydrogens (tertiary/aromatic N) is 1. The van der Waals surface area contributed by atoms with Crippen molar-refractivity contribution < 1.29 is 14.3 Å². The van der Waals surface area contributed by atoms with Gasteiger partial charge in [0, 0.05) is 29.0 Å². The van der Waals surface area contributed by atoms with Crippen molar-refractivity contribution in [2.45, 2.75) is 30.7 Å². The molecule has 48 heavy (non-hydrogen) atoms. The van der Waals surface area contributed by atoms with Gasteiger partial charge in [-0.05, 0) is 57.9 Å². The molecule has 1 aliphatic rings. The highest BCUT2D eigenvalue weighted by molar-refractivity contribution is 6.32. The van der Waals surface area contributed by atoms with Gasteiger partial charge in [0.25, 0.3) is 0 Å². The number of ether oxygens (including phenoxy) is 1. The van der Waals surface area contributed by atoms with E-state index in [-0.39, 0.29) is 30.2 Å². The van der Waals surface area contributed by atoms with E-state index in [1.54, 1.807) is 12.1 Å². The number of halogens is 1. The number of guanidine groups is 1. The highest BCUT2D eigenvalue weighted by Gasteiger charge is 2.30. The molecule has 8 heteroatoms. The van der Waals surface area contributed by atoms with Crippen molar-refractivity contribution >= 4 is 29.4 Å². The number of carbonyl (C=O) groups is 2. The summed E-state index contributed by atoms with van der Waals surface area (Å²) >= 11 is 6.94. The molecule has 0 saturated heterocycles. The van der Waals surface area contributed by atoms with Crippen LogP contribution >= 0.6 is 11.6 Å². The first-order chi connectivity index (χ1) is 23.4. The van der Waals surface area contributed by atoms with Crippen molar-refractivity contribution in [2.24, 2.45) is 16.5 Å². The maximum absolute atomic E-state index is 14.0. The predicted octanol–water partition coefficient (Wildman–Crippen LogP) is 7.66. The van der Waals surface area contributed by atoms with Crippen LogP contribution in [0.3, 0.4) is 0 Å². The van der Waals surface area contributed by atoms with Crippen LogP contribution in [0.1, 0.15) is 62.9 Å². The lowest BCUT2D eigenvalue weighted by atomic mass is 9.84. The van der Waals surface area contributed by atoms with Gasteiger partial charge in [-0.2, -0.15) is 0 Å². The number of ketones is 1. The standard InChI is InChI=1S/C40H37ClN4O3/c41-35-24-28(21-22-33(35)37(26-12-3-1-4-13-26)27-14-5-2-6-15-27)38(46)36(20-11-23-44-39(42)43)45-40(47)48-25-34-31-18-9-7-16-29(31)30-17-8-10-19-32(30)34/h1-10,12-19,21-22,24,34,36-37H,11,20,23,25H2,(H,45,47)(H4,42,43,44)/t36-/m0/s1. The molecule has 6 rings (SSSR count). The SMILES string of the molecule is NC(N)=NCCC[C@H](NC(=O)OCC1c2ccccc2-c2ccccc21)C(=O)c1ccc(C(c2ccccc2)c2ccccc2)c(Cl)c1. The van der Waals surface area contributed by atoms with E-state index in [0.29, 0.717) is 30.0 Å². The van der Waals surface area contributed by atoms with E-state index in [9.17, 15) is 9.59 Å². The van der Waals surface area contributed by atoms with Crippen LogP contribution in [0.4, 0.5) is 4.79 Å². The van der Waals surface area contributed by atoms with E-state index in [2.05, 4.69) is 58.8 Å². The molecule has 5 N–H and O–H groups in total. The highest BCUT2D eigenvalue weighted by atomic mass is 35.5. The third-order valence-corrected chi connectivity index (χ3v) is 9.09. The van der Waals surface area contributed by atoms with Gasteiger partial charge in [-0.1, -0.05) is 133 Å². The van der Waals surface area contributed by atoms with Gasteiger partial charge in [-0.25, -0.2) is 4.79 Å². The summed E-state index contributed by atoms with van der Waals surface area (Å²) in [6, 6.07) is 41.0. The van der Waals surface area contributed by atoms with Crippen LogP contribution in [0.15, 0.2) is 132 Å². The Morgan fingerprint density at radius 2 is 1.33 bits per heavy atom. The summed E-state index contributed by atoms with van der Waals surface area (Å²) in [5.41, 5.74) is 18.9. The number of carbonyl (C=O) groups excluding carboxylic acids is 2. The minimum atomic E-state index is -0.879. The Hall–Kier alpha value is -5.40. The van der Waals surface area contributed by atoms with E-state index < -0.39 is 12.1 Å². The second-order valence-electron chi connectivity index (χ2n) is 11.8. The largest absolute Gasteiger partial charge is 0.449 e. The van der Waals surface area contributed by atoms with Crippen molar-refractivity contribution in [1.29, 1.82) is 0 Å². The Morgan fingerprint density at radius 1 is 0.771 bits per heavy atom. The van der Waals surface area contributed by atoms with E-state index in [1.165, 1.54) is 0 Å². The molecule has 5 aromatic carbocycles. The van der Waals surface area contributed by atoms with E-state index in [1.807, 2.05) is 66.7 Å². The topological polar surface area (TPSA) is 120 Å². The highest BCUT2D eigenvalue weighted by Crippen LogP contribution is 2.44. The summed E-state index contributed by atoms with van der Waals surface area (Å²) in [6.45, 7) is 0.448. The molecule has 0 saturated carbocycles. The molecule has 0 fully saturated rings. The quantitative estimate of drug-likeness (QED) is 0.0419. The van der Waals surface area contributed by atoms with Crippen LogP contribution < -0.4 is 16.8 Å². The first kappa shape index (κ1) is 32.5. The Morgan fingerprint density at radius 3 is 1.90 bits per heavy atom. The Kier molecular flexibility index (Phi) is 10.2. The Bertz CT molecular complexity index is 1840. The normalized spacial score (nSPS) is 12.5. The Labute approximate surface area is 285 Å². The number of hydrogen-bond acceptors (Lipinski definition) is 4. The second-order valence-corrected chi connectivity index (χ2v) is 12.2. The van der Waals surface area contributed by atoms with Crippen molar-refractivity contribution in [3.63, 3.8) is 0 Å². The molecule has 0 spiro atoms. The minimum absolute atomic E-state index is 0.0314. The molecule has 0 heterocycles. The lowest BCUT2D eigenvalue weighted by Crippen LogP contribution is -2.41. The third kappa shape index (κ3) is 7.27. The number of amides is 1. The number of Topliss-reactive ketones (excluding diaryl/α,β-unsaturated/α-hetero) is 1. The summed E-state index contributed by atoms with van der Waals surface area (Å²) < 4.78 is 5.78.